The van der Waals surface area contributed by atoms with E-state index in [0.29, 0.717) is 5.41 Å². The Labute approximate surface area is 85.5 Å². The van der Waals surface area contributed by atoms with Crippen LogP contribution in [0.1, 0.15) is 29.9 Å². The molecule has 0 aromatic heterocycles. The molecule has 3 rings (SSSR count). The maximum atomic E-state index is 3.42. The van der Waals surface area contributed by atoms with Crippen LogP contribution in [0.15, 0.2) is 24.3 Å². The van der Waals surface area contributed by atoms with Crippen molar-refractivity contribution in [2.75, 3.05) is 13.1 Å². The van der Waals surface area contributed by atoms with Crippen LogP contribution in [0.3, 0.4) is 0 Å². The molecule has 74 valence electrons. The molecule has 2 fully saturated rings. The molecule has 2 aliphatic rings. The predicted molar refractivity (Wildman–Crippen MR) is 58.5 cm³/mol. The highest BCUT2D eigenvalue weighted by Crippen LogP contribution is 2.55. The third-order valence-electron chi connectivity index (χ3n) is 4.07. The topological polar surface area (TPSA) is 12.0 Å². The van der Waals surface area contributed by atoms with E-state index < -0.39 is 0 Å². The van der Waals surface area contributed by atoms with Gasteiger partial charge in [0.1, 0.15) is 0 Å². The molecule has 1 aliphatic carbocycles. The highest BCUT2D eigenvalue weighted by atomic mass is 15.0. The molecule has 1 aliphatic heterocycles. The van der Waals surface area contributed by atoms with Gasteiger partial charge in [-0.2, -0.15) is 0 Å². The van der Waals surface area contributed by atoms with Crippen molar-refractivity contribution in [3.8, 4) is 0 Å². The number of benzene rings is 1. The first-order chi connectivity index (χ1) is 6.80. The van der Waals surface area contributed by atoms with Gasteiger partial charge in [-0.25, -0.2) is 0 Å². The second-order valence-corrected chi connectivity index (χ2v) is 4.97. The molecule has 1 nitrogen and oxygen atoms in total. The molecule has 1 saturated heterocycles. The van der Waals surface area contributed by atoms with Gasteiger partial charge in [-0.15, -0.1) is 0 Å². The summed E-state index contributed by atoms with van der Waals surface area (Å²) in [6, 6.07) is 9.05. The zero-order valence-electron chi connectivity index (χ0n) is 8.72. The summed E-state index contributed by atoms with van der Waals surface area (Å²) in [6.07, 6.45) is 2.82. The molecule has 1 unspecified atom stereocenters. The molecule has 0 radical (unpaired) electrons. The third kappa shape index (κ3) is 1.05. The fraction of sp³-hybridized carbons (Fsp3) is 0.538. The van der Waals surface area contributed by atoms with Crippen LogP contribution in [0.5, 0.6) is 0 Å². The van der Waals surface area contributed by atoms with Crippen molar-refractivity contribution in [1.82, 2.24) is 5.32 Å². The van der Waals surface area contributed by atoms with E-state index in [2.05, 4.69) is 36.5 Å². The number of hydrogen-bond donors (Lipinski definition) is 1. The Balaban J connectivity index is 1.89. The molecular weight excluding hydrogens is 170 g/mol. The van der Waals surface area contributed by atoms with Crippen molar-refractivity contribution in [3.63, 3.8) is 0 Å². The molecule has 0 amide bonds. The quantitative estimate of drug-likeness (QED) is 0.712. The zero-order chi connectivity index (χ0) is 9.60. The lowest BCUT2D eigenvalue weighted by atomic mass is 9.54. The van der Waals surface area contributed by atoms with E-state index in [1.807, 2.05) is 0 Å². The predicted octanol–water partition coefficient (Wildman–Crippen LogP) is 2.46. The molecule has 1 aromatic rings. The first-order valence-corrected chi connectivity index (χ1v) is 5.57. The van der Waals surface area contributed by atoms with E-state index in [4.69, 9.17) is 0 Å². The molecule has 1 saturated carbocycles. The number of hydrogen-bond acceptors (Lipinski definition) is 1. The minimum absolute atomic E-state index is 0.647. The maximum absolute atomic E-state index is 3.42. The molecule has 1 heterocycles. The fourth-order valence-corrected chi connectivity index (χ4v) is 2.97. The molecular formula is C13H17N. The normalized spacial score (nSPS) is 28.2. The lowest BCUT2D eigenvalue weighted by Gasteiger charge is -2.56. The number of aryl methyl sites for hydroxylation is 1. The summed E-state index contributed by atoms with van der Waals surface area (Å²) in [7, 11) is 0. The van der Waals surface area contributed by atoms with E-state index >= 15 is 0 Å². The molecule has 1 spiro atoms. The standard InChI is InChI=1S/C13H17N/c1-10-3-2-4-11(7-10)12-5-6-13(12)8-14-9-13/h2-4,7,12,14H,5-6,8-9H2,1H3. The molecule has 14 heavy (non-hydrogen) atoms. The lowest BCUT2D eigenvalue weighted by molar-refractivity contribution is 0.0253. The average Bonchev–Trinajstić information content (AvgIpc) is 1.99. The first-order valence-electron chi connectivity index (χ1n) is 5.57. The van der Waals surface area contributed by atoms with Gasteiger partial charge in [0.25, 0.3) is 0 Å². The van der Waals surface area contributed by atoms with Gasteiger partial charge in [0, 0.05) is 18.5 Å². The summed E-state index contributed by atoms with van der Waals surface area (Å²) in [5.41, 5.74) is 3.61. The van der Waals surface area contributed by atoms with Gasteiger partial charge in [-0.05, 0) is 31.2 Å². The molecule has 1 atom stereocenters. The van der Waals surface area contributed by atoms with Crippen molar-refractivity contribution in [3.05, 3.63) is 35.4 Å². The van der Waals surface area contributed by atoms with Gasteiger partial charge in [-0.3, -0.25) is 0 Å². The van der Waals surface area contributed by atoms with Gasteiger partial charge >= 0.3 is 0 Å². The van der Waals surface area contributed by atoms with Gasteiger partial charge in [-0.1, -0.05) is 29.8 Å². The van der Waals surface area contributed by atoms with Crippen LogP contribution < -0.4 is 5.32 Å². The monoisotopic (exact) mass is 187 g/mol. The second kappa shape index (κ2) is 2.83. The Morgan fingerprint density at radius 3 is 2.71 bits per heavy atom. The van der Waals surface area contributed by atoms with Crippen molar-refractivity contribution in [1.29, 1.82) is 0 Å². The van der Waals surface area contributed by atoms with Crippen LogP contribution in [-0.2, 0) is 0 Å². The van der Waals surface area contributed by atoms with Crippen LogP contribution in [0.4, 0.5) is 0 Å². The van der Waals surface area contributed by atoms with Crippen LogP contribution >= 0.6 is 0 Å². The van der Waals surface area contributed by atoms with Gasteiger partial charge in [0.05, 0.1) is 0 Å². The molecule has 1 heteroatoms. The van der Waals surface area contributed by atoms with Crippen LogP contribution in [0, 0.1) is 12.3 Å². The summed E-state index contributed by atoms with van der Waals surface area (Å²) >= 11 is 0. The zero-order valence-corrected chi connectivity index (χ0v) is 8.72. The van der Waals surface area contributed by atoms with E-state index in [1.165, 1.54) is 31.5 Å². The van der Waals surface area contributed by atoms with Gasteiger partial charge in [0.15, 0.2) is 0 Å². The highest BCUT2D eigenvalue weighted by Gasteiger charge is 2.51. The Hall–Kier alpha value is -0.820. The summed E-state index contributed by atoms with van der Waals surface area (Å²) in [6.45, 7) is 4.67. The largest absolute Gasteiger partial charge is 0.315 e. The molecule has 0 bridgehead atoms. The number of nitrogens with one attached hydrogen (secondary N) is 1. The van der Waals surface area contributed by atoms with E-state index in [-0.39, 0.29) is 0 Å². The lowest BCUT2D eigenvalue weighted by Crippen LogP contribution is -2.61. The summed E-state index contributed by atoms with van der Waals surface area (Å²) in [5.74, 6) is 0.837. The minimum atomic E-state index is 0.647. The van der Waals surface area contributed by atoms with E-state index in [9.17, 15) is 0 Å². The number of rotatable bonds is 1. The smallest absolute Gasteiger partial charge is 0.00261 e. The fourth-order valence-electron chi connectivity index (χ4n) is 2.97. The van der Waals surface area contributed by atoms with E-state index in [1.54, 1.807) is 5.56 Å². The Kier molecular flexibility index (Phi) is 1.72. The van der Waals surface area contributed by atoms with Crippen molar-refractivity contribution in [2.24, 2.45) is 5.41 Å². The van der Waals surface area contributed by atoms with E-state index in [0.717, 1.165) is 5.92 Å². The summed E-state index contributed by atoms with van der Waals surface area (Å²) < 4.78 is 0. The molecule has 1 N–H and O–H groups in total. The SMILES string of the molecule is Cc1cccc(C2CCC23CNC3)c1. The Bertz CT molecular complexity index is 346. The summed E-state index contributed by atoms with van der Waals surface area (Å²) in [5, 5.41) is 3.42. The van der Waals surface area contributed by atoms with Crippen molar-refractivity contribution >= 4 is 0 Å². The maximum Gasteiger partial charge on any atom is 0.00261 e. The van der Waals surface area contributed by atoms with Gasteiger partial charge < -0.3 is 5.32 Å². The van der Waals surface area contributed by atoms with Gasteiger partial charge in [0.2, 0.25) is 0 Å². The first kappa shape index (κ1) is 8.49. The minimum Gasteiger partial charge on any atom is -0.315 e. The Morgan fingerprint density at radius 1 is 1.36 bits per heavy atom. The van der Waals surface area contributed by atoms with Crippen LogP contribution in [0.2, 0.25) is 0 Å². The third-order valence-corrected chi connectivity index (χ3v) is 4.07. The average molecular weight is 187 g/mol. The molecule has 1 aromatic carbocycles. The summed E-state index contributed by atoms with van der Waals surface area (Å²) in [4.78, 5) is 0. The van der Waals surface area contributed by atoms with Crippen LogP contribution in [-0.4, -0.2) is 13.1 Å². The van der Waals surface area contributed by atoms with Crippen LogP contribution in [0.25, 0.3) is 0 Å². The highest BCUT2D eigenvalue weighted by molar-refractivity contribution is 5.31. The second-order valence-electron chi connectivity index (χ2n) is 4.97. The Morgan fingerprint density at radius 2 is 2.21 bits per heavy atom. The van der Waals surface area contributed by atoms with Crippen molar-refractivity contribution in [2.45, 2.75) is 25.7 Å². The van der Waals surface area contributed by atoms with Crippen molar-refractivity contribution < 1.29 is 0 Å².